The van der Waals surface area contributed by atoms with Crippen molar-refractivity contribution < 1.29 is 18.8 Å². The molecule has 0 saturated heterocycles. The molecule has 0 aromatic heterocycles. The number of hydrogen-bond acceptors (Lipinski definition) is 3. The van der Waals surface area contributed by atoms with Crippen LogP contribution in [0, 0.1) is 5.82 Å². The molecule has 0 saturated carbocycles. The van der Waals surface area contributed by atoms with Crippen LogP contribution >= 0.6 is 0 Å². The van der Waals surface area contributed by atoms with Crippen molar-refractivity contribution in [3.63, 3.8) is 0 Å². The molecule has 0 spiro atoms. The van der Waals surface area contributed by atoms with Gasteiger partial charge in [0.15, 0.2) is 0 Å². The third kappa shape index (κ3) is 7.15. The van der Waals surface area contributed by atoms with Gasteiger partial charge in [0.05, 0.1) is 0 Å². The van der Waals surface area contributed by atoms with Crippen molar-refractivity contribution in [2.24, 2.45) is 5.73 Å². The Morgan fingerprint density at radius 1 is 1.12 bits per heavy atom. The number of nitrogens with one attached hydrogen (secondary N) is 2. The van der Waals surface area contributed by atoms with Crippen LogP contribution in [0.1, 0.15) is 32.8 Å². The molecule has 0 aliphatic rings. The zero-order valence-electron chi connectivity index (χ0n) is 14.6. The van der Waals surface area contributed by atoms with E-state index in [0.717, 1.165) is 5.57 Å². The first-order valence-corrected chi connectivity index (χ1v) is 7.94. The predicted octanol–water partition coefficient (Wildman–Crippen LogP) is 1.20. The number of amides is 3. The molecule has 25 heavy (non-hydrogen) atoms. The van der Waals surface area contributed by atoms with Crippen LogP contribution in [0.2, 0.25) is 0 Å². The fourth-order valence-electron chi connectivity index (χ4n) is 2.21. The maximum atomic E-state index is 13.8. The average molecular weight is 349 g/mol. The van der Waals surface area contributed by atoms with Crippen LogP contribution in [-0.4, -0.2) is 29.8 Å². The Hall–Kier alpha value is -2.70. The van der Waals surface area contributed by atoms with Gasteiger partial charge in [0, 0.05) is 13.3 Å². The van der Waals surface area contributed by atoms with Gasteiger partial charge >= 0.3 is 0 Å². The van der Waals surface area contributed by atoms with E-state index in [0.29, 0.717) is 0 Å². The van der Waals surface area contributed by atoms with Crippen molar-refractivity contribution in [2.75, 3.05) is 0 Å². The van der Waals surface area contributed by atoms with Gasteiger partial charge < -0.3 is 16.4 Å². The summed E-state index contributed by atoms with van der Waals surface area (Å²) in [4.78, 5) is 35.4. The number of carbonyl (C=O) groups excluding carboxylic acids is 3. The smallest absolute Gasteiger partial charge is 0.243 e. The fourth-order valence-corrected chi connectivity index (χ4v) is 2.21. The van der Waals surface area contributed by atoms with Crippen LogP contribution in [0.25, 0.3) is 0 Å². The Morgan fingerprint density at radius 3 is 2.28 bits per heavy atom. The standard InChI is InChI=1S/C18H24FN3O3/c1-11(2)8-9-15(17(20)24)22-18(25)16(21-12(3)23)10-13-6-4-5-7-14(13)19/h4-8,15-16H,9-10H2,1-3H3,(H2,20,24)(H,21,23)(H,22,25)/t15-,16-/m0/s1. The summed E-state index contributed by atoms with van der Waals surface area (Å²) >= 11 is 0. The Labute approximate surface area is 146 Å². The van der Waals surface area contributed by atoms with Crippen LogP contribution in [0.5, 0.6) is 0 Å². The molecule has 1 aromatic rings. The van der Waals surface area contributed by atoms with E-state index in [4.69, 9.17) is 5.73 Å². The van der Waals surface area contributed by atoms with E-state index in [2.05, 4.69) is 10.6 Å². The number of halogens is 1. The molecule has 0 fully saturated rings. The van der Waals surface area contributed by atoms with Gasteiger partial charge in [-0.1, -0.05) is 29.8 Å². The summed E-state index contributed by atoms with van der Waals surface area (Å²) in [5.74, 6) is -2.18. The highest BCUT2D eigenvalue weighted by Gasteiger charge is 2.25. The predicted molar refractivity (Wildman–Crippen MR) is 92.9 cm³/mol. The zero-order valence-corrected chi connectivity index (χ0v) is 14.6. The van der Waals surface area contributed by atoms with Crippen molar-refractivity contribution in [2.45, 2.75) is 45.7 Å². The monoisotopic (exact) mass is 349 g/mol. The first-order valence-electron chi connectivity index (χ1n) is 7.94. The Kier molecular flexibility index (Phi) is 7.78. The minimum Gasteiger partial charge on any atom is -0.368 e. The molecule has 0 bridgehead atoms. The van der Waals surface area contributed by atoms with Crippen LogP contribution in [0.3, 0.4) is 0 Å². The maximum Gasteiger partial charge on any atom is 0.243 e. The van der Waals surface area contributed by atoms with Crippen LogP contribution in [-0.2, 0) is 20.8 Å². The lowest BCUT2D eigenvalue weighted by Crippen LogP contribution is -2.53. The second-order valence-electron chi connectivity index (χ2n) is 6.03. The molecule has 136 valence electrons. The van der Waals surface area contributed by atoms with E-state index in [9.17, 15) is 18.8 Å². The maximum absolute atomic E-state index is 13.8. The molecule has 4 N–H and O–H groups in total. The lowest BCUT2D eigenvalue weighted by Gasteiger charge is -2.21. The van der Waals surface area contributed by atoms with Crippen molar-refractivity contribution >= 4 is 17.7 Å². The SMILES string of the molecule is CC(=O)N[C@@H](Cc1ccccc1F)C(=O)N[C@@H](CC=C(C)C)C(N)=O. The van der Waals surface area contributed by atoms with Crippen molar-refractivity contribution in [1.82, 2.24) is 10.6 Å². The Morgan fingerprint density at radius 2 is 1.76 bits per heavy atom. The van der Waals surface area contributed by atoms with Crippen molar-refractivity contribution in [1.29, 1.82) is 0 Å². The van der Waals surface area contributed by atoms with E-state index in [-0.39, 0.29) is 18.4 Å². The number of benzene rings is 1. The highest BCUT2D eigenvalue weighted by atomic mass is 19.1. The lowest BCUT2D eigenvalue weighted by atomic mass is 10.0. The van der Waals surface area contributed by atoms with E-state index in [1.54, 1.807) is 12.1 Å². The van der Waals surface area contributed by atoms with Gasteiger partial charge in [-0.15, -0.1) is 0 Å². The van der Waals surface area contributed by atoms with Gasteiger partial charge in [0.25, 0.3) is 0 Å². The summed E-state index contributed by atoms with van der Waals surface area (Å²) in [5.41, 5.74) is 6.58. The third-order valence-corrected chi connectivity index (χ3v) is 3.50. The van der Waals surface area contributed by atoms with E-state index >= 15 is 0 Å². The van der Waals surface area contributed by atoms with Crippen LogP contribution in [0.15, 0.2) is 35.9 Å². The number of nitrogens with two attached hydrogens (primary N) is 1. The number of allylic oxidation sites excluding steroid dienone is 1. The van der Waals surface area contributed by atoms with Gasteiger partial charge in [-0.25, -0.2) is 4.39 Å². The fraction of sp³-hybridized carbons (Fsp3) is 0.389. The first-order chi connectivity index (χ1) is 11.7. The average Bonchev–Trinajstić information content (AvgIpc) is 2.51. The second kappa shape index (κ2) is 9.56. The van der Waals surface area contributed by atoms with E-state index in [1.165, 1.54) is 25.1 Å². The summed E-state index contributed by atoms with van der Waals surface area (Å²) in [7, 11) is 0. The first kappa shape index (κ1) is 20.3. The normalized spacial score (nSPS) is 12.6. The largest absolute Gasteiger partial charge is 0.368 e. The van der Waals surface area contributed by atoms with Gasteiger partial charge in [0.1, 0.15) is 17.9 Å². The molecule has 6 nitrogen and oxygen atoms in total. The number of carbonyl (C=O) groups is 3. The molecular weight excluding hydrogens is 325 g/mol. The minimum atomic E-state index is -1.01. The molecule has 0 unspecified atom stereocenters. The van der Waals surface area contributed by atoms with Crippen molar-refractivity contribution in [3.8, 4) is 0 Å². The molecule has 0 aliphatic carbocycles. The summed E-state index contributed by atoms with van der Waals surface area (Å²) in [6.45, 7) is 4.98. The zero-order chi connectivity index (χ0) is 19.0. The van der Waals surface area contributed by atoms with Gasteiger partial charge in [0.2, 0.25) is 17.7 Å². The second-order valence-corrected chi connectivity index (χ2v) is 6.03. The number of primary amides is 1. The van der Waals surface area contributed by atoms with Crippen LogP contribution < -0.4 is 16.4 Å². The van der Waals surface area contributed by atoms with Gasteiger partial charge in [-0.2, -0.15) is 0 Å². The van der Waals surface area contributed by atoms with Crippen LogP contribution in [0.4, 0.5) is 4.39 Å². The van der Waals surface area contributed by atoms with Crippen molar-refractivity contribution in [3.05, 3.63) is 47.3 Å². The summed E-state index contributed by atoms with van der Waals surface area (Å²) in [6.07, 6.45) is 1.99. The summed E-state index contributed by atoms with van der Waals surface area (Å²) in [5, 5.41) is 5.00. The molecule has 0 heterocycles. The summed E-state index contributed by atoms with van der Waals surface area (Å²) < 4.78 is 13.8. The van der Waals surface area contributed by atoms with E-state index < -0.39 is 35.6 Å². The van der Waals surface area contributed by atoms with Gasteiger partial charge in [-0.05, 0) is 31.9 Å². The van der Waals surface area contributed by atoms with Gasteiger partial charge in [-0.3, -0.25) is 14.4 Å². The molecule has 1 aromatic carbocycles. The Balaban J connectivity index is 2.91. The molecule has 1 rings (SSSR count). The Bertz CT molecular complexity index is 669. The molecule has 0 aliphatic heterocycles. The number of hydrogen-bond donors (Lipinski definition) is 3. The molecule has 7 heteroatoms. The quantitative estimate of drug-likeness (QED) is 0.615. The molecule has 3 amide bonds. The third-order valence-electron chi connectivity index (χ3n) is 3.50. The topological polar surface area (TPSA) is 101 Å². The minimum absolute atomic E-state index is 0.0355. The highest BCUT2D eigenvalue weighted by Crippen LogP contribution is 2.10. The highest BCUT2D eigenvalue weighted by molar-refractivity contribution is 5.91. The number of rotatable bonds is 8. The van der Waals surface area contributed by atoms with E-state index in [1.807, 2.05) is 13.8 Å². The lowest BCUT2D eigenvalue weighted by molar-refractivity contribution is -0.130. The summed E-state index contributed by atoms with van der Waals surface area (Å²) in [6, 6.07) is 4.07. The molecular formula is C18H24FN3O3. The molecule has 0 radical (unpaired) electrons. The molecule has 2 atom stereocenters.